The van der Waals surface area contributed by atoms with E-state index in [2.05, 4.69) is 74.6 Å². The Morgan fingerprint density at radius 2 is 1.00 bits per heavy atom. The van der Waals surface area contributed by atoms with E-state index in [1.54, 1.807) is 0 Å². The third-order valence-corrected chi connectivity index (χ3v) is 9.99. The van der Waals surface area contributed by atoms with Gasteiger partial charge in [-0.25, -0.2) is 4.57 Å². The summed E-state index contributed by atoms with van der Waals surface area (Å²) in [5.41, 5.74) is 0. The van der Waals surface area contributed by atoms with Gasteiger partial charge in [0.2, 0.25) is 0 Å². The molecule has 0 radical (unpaired) electrons. The number of allylic oxidation sites excluding steroid dienone is 10. The molecule has 0 fully saturated rings. The number of esters is 2. The van der Waals surface area contributed by atoms with E-state index in [0.717, 1.165) is 64.2 Å². The van der Waals surface area contributed by atoms with E-state index in [-0.39, 0.29) is 32.0 Å². The fourth-order valence-electron chi connectivity index (χ4n) is 5.51. The molecule has 0 heterocycles. The van der Waals surface area contributed by atoms with E-state index >= 15 is 0 Å². The smallest absolute Gasteiger partial charge is 0.462 e. The Balaban J connectivity index is 4.43. The highest BCUT2D eigenvalue weighted by Crippen LogP contribution is 2.43. The first-order valence-electron chi connectivity index (χ1n) is 22.0. The van der Waals surface area contributed by atoms with E-state index in [9.17, 15) is 19.0 Å². The van der Waals surface area contributed by atoms with Crippen molar-refractivity contribution in [3.8, 4) is 0 Å². The van der Waals surface area contributed by atoms with Gasteiger partial charge in [-0.15, -0.1) is 0 Å². The second kappa shape index (κ2) is 38.2. The lowest BCUT2D eigenvalue weighted by Crippen LogP contribution is -2.37. The monoisotopic (exact) mass is 809 g/mol. The molecule has 324 valence electrons. The minimum absolute atomic E-state index is 0.0226. The molecule has 0 saturated carbocycles. The number of unbranched alkanes of at least 4 members (excludes halogenated alkanes) is 15. The summed E-state index contributed by atoms with van der Waals surface area (Å²) in [6.45, 7) is 4.27. The number of quaternary nitrogens is 1. The van der Waals surface area contributed by atoms with Crippen molar-refractivity contribution in [2.45, 2.75) is 174 Å². The van der Waals surface area contributed by atoms with E-state index in [4.69, 9.17) is 18.5 Å². The number of likely N-dealkylation sites (N-methyl/N-ethyl adjacent to an activating group) is 1. The number of hydrogen-bond donors (Lipinski definition) is 1. The molecule has 0 amide bonds. The van der Waals surface area contributed by atoms with Crippen molar-refractivity contribution in [3.05, 3.63) is 60.8 Å². The predicted octanol–water partition coefficient (Wildman–Crippen LogP) is 12.5. The zero-order valence-electron chi connectivity index (χ0n) is 36.3. The summed E-state index contributed by atoms with van der Waals surface area (Å²) < 4.78 is 34.3. The average molecular weight is 809 g/mol. The van der Waals surface area contributed by atoms with Gasteiger partial charge in [-0.05, 0) is 70.6 Å². The molecule has 0 bridgehead atoms. The molecule has 56 heavy (non-hydrogen) atoms. The molecule has 0 aromatic carbocycles. The van der Waals surface area contributed by atoms with E-state index in [1.807, 2.05) is 21.1 Å². The zero-order chi connectivity index (χ0) is 41.4. The molecule has 0 saturated heterocycles. The van der Waals surface area contributed by atoms with Gasteiger partial charge in [0.1, 0.15) is 19.8 Å². The van der Waals surface area contributed by atoms with Crippen molar-refractivity contribution >= 4 is 19.8 Å². The number of ether oxygens (including phenoxy) is 2. The Morgan fingerprint density at radius 1 is 0.554 bits per heavy atom. The van der Waals surface area contributed by atoms with Gasteiger partial charge in [-0.1, -0.05) is 145 Å². The summed E-state index contributed by atoms with van der Waals surface area (Å²) in [4.78, 5) is 35.4. The highest BCUT2D eigenvalue weighted by atomic mass is 31.2. The first kappa shape index (κ1) is 53.7. The number of phosphoric ester groups is 1. The minimum atomic E-state index is -4.39. The molecule has 1 unspecified atom stereocenters. The van der Waals surface area contributed by atoms with Crippen LogP contribution in [0.2, 0.25) is 0 Å². The predicted molar refractivity (Wildman–Crippen MR) is 233 cm³/mol. The zero-order valence-corrected chi connectivity index (χ0v) is 37.2. The van der Waals surface area contributed by atoms with Gasteiger partial charge < -0.3 is 18.9 Å². The summed E-state index contributed by atoms with van der Waals surface area (Å²) in [7, 11) is 1.44. The maximum atomic E-state index is 12.7. The van der Waals surface area contributed by atoms with Crippen LogP contribution in [0.25, 0.3) is 0 Å². The number of nitrogens with zero attached hydrogens (tertiary/aromatic N) is 1. The van der Waals surface area contributed by atoms with Crippen LogP contribution in [0.15, 0.2) is 60.8 Å². The third-order valence-electron chi connectivity index (χ3n) is 9.00. The molecule has 0 aliphatic carbocycles. The van der Waals surface area contributed by atoms with Gasteiger partial charge in [0, 0.05) is 12.8 Å². The summed E-state index contributed by atoms with van der Waals surface area (Å²) in [6, 6.07) is 0. The number of phosphoric acid groups is 1. The van der Waals surface area contributed by atoms with Crippen molar-refractivity contribution in [1.29, 1.82) is 0 Å². The standard InChI is InChI=1S/C46H82NO8P/c1-6-8-10-12-14-16-18-20-22-23-25-27-29-31-33-35-37-39-46(49)55-44(43-54-56(50,51)53-41-40-47(3,4)5)42-52-45(48)38-36-34-32-30-28-26-24-21-19-17-15-13-11-9-7-2/h10,12-13,15-16,18,22-23,27,29,44H,6-9,11,14,17,19-21,24-26,28,30-43H2,1-5H3/p+1/b12-10+,15-13+,18-16+,23-22+,29-27+/t44-/m1/s1. The summed E-state index contributed by atoms with van der Waals surface area (Å²) >= 11 is 0. The molecule has 0 spiro atoms. The van der Waals surface area contributed by atoms with Gasteiger partial charge in [0.05, 0.1) is 27.7 Å². The lowest BCUT2D eigenvalue weighted by atomic mass is 10.1. The van der Waals surface area contributed by atoms with Crippen LogP contribution in [-0.4, -0.2) is 74.9 Å². The van der Waals surface area contributed by atoms with Crippen LogP contribution < -0.4 is 0 Å². The van der Waals surface area contributed by atoms with Crippen molar-refractivity contribution in [2.75, 3.05) is 47.5 Å². The lowest BCUT2D eigenvalue weighted by Gasteiger charge is -2.24. The van der Waals surface area contributed by atoms with Crippen LogP contribution in [0, 0.1) is 0 Å². The molecule has 2 atom stereocenters. The normalized spacial score (nSPS) is 14.2. The van der Waals surface area contributed by atoms with Gasteiger partial charge in [0.15, 0.2) is 6.10 Å². The Bertz CT molecular complexity index is 1140. The SMILES string of the molecule is CCC/C=C/C/C=C/C/C=C/C/C=C/CCCCCC(=O)O[C@H](COC(=O)CCCCCCCCCCC/C=C/CCCC)COP(=O)(O)OCC[N+](C)(C)C. The van der Waals surface area contributed by atoms with Gasteiger partial charge in [-0.2, -0.15) is 0 Å². The van der Waals surface area contributed by atoms with Crippen molar-refractivity contribution < 1.29 is 42.1 Å². The first-order valence-corrected chi connectivity index (χ1v) is 23.5. The highest BCUT2D eigenvalue weighted by Gasteiger charge is 2.27. The molecular formula is C46H83NO8P+. The van der Waals surface area contributed by atoms with E-state index in [1.165, 1.54) is 70.6 Å². The molecule has 0 rings (SSSR count). The van der Waals surface area contributed by atoms with Gasteiger partial charge in [0.25, 0.3) is 0 Å². The molecular weight excluding hydrogens is 725 g/mol. The topological polar surface area (TPSA) is 108 Å². The summed E-state index contributed by atoms with van der Waals surface area (Å²) in [6.07, 6.45) is 45.5. The molecule has 0 aromatic heterocycles. The van der Waals surface area contributed by atoms with Gasteiger partial charge in [-0.3, -0.25) is 18.6 Å². The third kappa shape index (κ3) is 41.3. The largest absolute Gasteiger partial charge is 0.472 e. The molecule has 0 aromatic rings. The second-order valence-electron chi connectivity index (χ2n) is 15.7. The summed E-state index contributed by atoms with van der Waals surface area (Å²) in [5, 5.41) is 0. The fraction of sp³-hybridized carbons (Fsp3) is 0.739. The summed E-state index contributed by atoms with van der Waals surface area (Å²) in [5.74, 6) is -0.841. The van der Waals surface area contributed by atoms with E-state index < -0.39 is 26.5 Å². The Labute approximate surface area is 343 Å². The number of carbonyl (C=O) groups excluding carboxylic acids is 2. The number of carbonyl (C=O) groups is 2. The van der Waals surface area contributed by atoms with Crippen LogP contribution in [0.5, 0.6) is 0 Å². The maximum absolute atomic E-state index is 12.7. The molecule has 1 N–H and O–H groups in total. The first-order chi connectivity index (χ1) is 27.0. The minimum Gasteiger partial charge on any atom is -0.462 e. The number of hydrogen-bond acceptors (Lipinski definition) is 7. The molecule has 10 heteroatoms. The van der Waals surface area contributed by atoms with Crippen LogP contribution in [0.3, 0.4) is 0 Å². The Morgan fingerprint density at radius 3 is 1.54 bits per heavy atom. The quantitative estimate of drug-likeness (QED) is 0.0215. The van der Waals surface area contributed by atoms with Crippen molar-refractivity contribution in [2.24, 2.45) is 0 Å². The molecule has 0 aliphatic heterocycles. The van der Waals surface area contributed by atoms with Crippen LogP contribution in [0.4, 0.5) is 0 Å². The maximum Gasteiger partial charge on any atom is 0.472 e. The Kier molecular flexibility index (Phi) is 36.7. The molecule has 9 nitrogen and oxygen atoms in total. The van der Waals surface area contributed by atoms with Crippen LogP contribution in [-0.2, 0) is 32.7 Å². The average Bonchev–Trinajstić information content (AvgIpc) is 3.15. The van der Waals surface area contributed by atoms with Gasteiger partial charge >= 0.3 is 19.8 Å². The fourth-order valence-corrected chi connectivity index (χ4v) is 6.26. The van der Waals surface area contributed by atoms with Crippen LogP contribution in [0.1, 0.15) is 168 Å². The number of rotatable bonds is 39. The second-order valence-corrected chi connectivity index (χ2v) is 17.2. The highest BCUT2D eigenvalue weighted by molar-refractivity contribution is 7.47. The molecule has 0 aliphatic rings. The Hall–Kier alpha value is -2.29. The van der Waals surface area contributed by atoms with Crippen LogP contribution >= 0.6 is 7.82 Å². The lowest BCUT2D eigenvalue weighted by molar-refractivity contribution is -0.870. The van der Waals surface area contributed by atoms with Crippen molar-refractivity contribution in [1.82, 2.24) is 0 Å². The van der Waals surface area contributed by atoms with E-state index in [0.29, 0.717) is 17.4 Å². The van der Waals surface area contributed by atoms with Crippen molar-refractivity contribution in [3.63, 3.8) is 0 Å².